The van der Waals surface area contributed by atoms with Crippen LogP contribution in [0.4, 0.5) is 0 Å². The molecule has 0 saturated carbocycles. The topological polar surface area (TPSA) is 26.3 Å². The highest BCUT2D eigenvalue weighted by atomic mass is 79.9. The third-order valence-corrected chi connectivity index (χ3v) is 2.99. The van der Waals surface area contributed by atoms with Crippen molar-refractivity contribution in [3.63, 3.8) is 0 Å². The van der Waals surface area contributed by atoms with E-state index in [0.29, 0.717) is 12.4 Å². The molecule has 0 radical (unpaired) electrons. The number of carbonyl (C=O) groups excluding carboxylic acids is 1. The van der Waals surface area contributed by atoms with E-state index < -0.39 is 0 Å². The fourth-order valence-electron chi connectivity index (χ4n) is 0.876. The van der Waals surface area contributed by atoms with E-state index in [2.05, 4.69) is 15.9 Å². The van der Waals surface area contributed by atoms with Crippen LogP contribution >= 0.6 is 27.7 Å². The monoisotopic (exact) mass is 274 g/mol. The molecule has 0 heterocycles. The lowest BCUT2D eigenvalue weighted by Gasteiger charge is -2.01. The van der Waals surface area contributed by atoms with Gasteiger partial charge in [0.05, 0.1) is 12.4 Å². The number of rotatable bonds is 4. The maximum atomic E-state index is 11.0. The SMILES string of the molecule is CCOC(=O)CSc1ccc(Br)cc1. The van der Waals surface area contributed by atoms with Gasteiger partial charge < -0.3 is 4.74 Å². The van der Waals surface area contributed by atoms with Crippen molar-refractivity contribution in [2.45, 2.75) is 11.8 Å². The van der Waals surface area contributed by atoms with Crippen LogP contribution < -0.4 is 0 Å². The van der Waals surface area contributed by atoms with Gasteiger partial charge in [-0.1, -0.05) is 15.9 Å². The minimum atomic E-state index is -0.166. The molecule has 0 bridgehead atoms. The maximum Gasteiger partial charge on any atom is 0.316 e. The number of hydrogen-bond acceptors (Lipinski definition) is 3. The van der Waals surface area contributed by atoms with Crippen LogP contribution in [0.1, 0.15) is 6.92 Å². The first-order valence-electron chi connectivity index (χ1n) is 4.26. The van der Waals surface area contributed by atoms with Crippen molar-refractivity contribution >= 4 is 33.7 Å². The summed E-state index contributed by atoms with van der Waals surface area (Å²) in [6.45, 7) is 2.25. The van der Waals surface area contributed by atoms with Gasteiger partial charge in [0.2, 0.25) is 0 Å². The van der Waals surface area contributed by atoms with Crippen molar-refractivity contribution in [3.8, 4) is 0 Å². The fraction of sp³-hybridized carbons (Fsp3) is 0.300. The predicted octanol–water partition coefficient (Wildman–Crippen LogP) is 3.10. The molecule has 0 amide bonds. The summed E-state index contributed by atoms with van der Waals surface area (Å²) in [6.07, 6.45) is 0. The summed E-state index contributed by atoms with van der Waals surface area (Å²) in [7, 11) is 0. The lowest BCUT2D eigenvalue weighted by Crippen LogP contribution is -2.06. The number of benzene rings is 1. The second kappa shape index (κ2) is 6.09. The molecule has 1 aromatic rings. The molecular formula is C10H11BrO2S. The zero-order chi connectivity index (χ0) is 10.4. The van der Waals surface area contributed by atoms with Gasteiger partial charge in [0, 0.05) is 9.37 Å². The summed E-state index contributed by atoms with van der Waals surface area (Å²) in [4.78, 5) is 12.1. The van der Waals surface area contributed by atoms with E-state index in [4.69, 9.17) is 4.74 Å². The molecule has 0 unspecified atom stereocenters. The Balaban J connectivity index is 2.38. The molecule has 1 aromatic carbocycles. The van der Waals surface area contributed by atoms with Crippen LogP contribution in [0, 0.1) is 0 Å². The van der Waals surface area contributed by atoms with Gasteiger partial charge in [-0.15, -0.1) is 11.8 Å². The van der Waals surface area contributed by atoms with Crippen LogP contribution in [0.5, 0.6) is 0 Å². The number of ether oxygens (including phenoxy) is 1. The lowest BCUT2D eigenvalue weighted by atomic mass is 10.4. The van der Waals surface area contributed by atoms with Gasteiger partial charge in [-0.3, -0.25) is 4.79 Å². The van der Waals surface area contributed by atoms with E-state index >= 15 is 0 Å². The van der Waals surface area contributed by atoms with E-state index in [1.807, 2.05) is 31.2 Å². The zero-order valence-corrected chi connectivity index (χ0v) is 10.2. The zero-order valence-electron chi connectivity index (χ0n) is 7.83. The number of hydrogen-bond donors (Lipinski definition) is 0. The Hall–Kier alpha value is -0.480. The molecular weight excluding hydrogens is 264 g/mol. The molecule has 1 rings (SSSR count). The average molecular weight is 275 g/mol. The van der Waals surface area contributed by atoms with Crippen LogP contribution in [0.15, 0.2) is 33.6 Å². The number of thioether (sulfide) groups is 1. The first-order chi connectivity index (χ1) is 6.72. The summed E-state index contributed by atoms with van der Waals surface area (Å²) in [5.74, 6) is 0.204. The van der Waals surface area contributed by atoms with Crippen molar-refractivity contribution in [2.75, 3.05) is 12.4 Å². The van der Waals surface area contributed by atoms with Gasteiger partial charge in [-0.05, 0) is 31.2 Å². The smallest absolute Gasteiger partial charge is 0.316 e. The van der Waals surface area contributed by atoms with Crippen LogP contribution in [0.2, 0.25) is 0 Å². The van der Waals surface area contributed by atoms with Crippen molar-refractivity contribution in [3.05, 3.63) is 28.7 Å². The quantitative estimate of drug-likeness (QED) is 0.624. The summed E-state index contributed by atoms with van der Waals surface area (Å²) in [6, 6.07) is 7.84. The van der Waals surface area contributed by atoms with E-state index in [9.17, 15) is 4.79 Å². The molecule has 0 N–H and O–H groups in total. The highest BCUT2D eigenvalue weighted by Gasteiger charge is 2.02. The highest BCUT2D eigenvalue weighted by molar-refractivity contribution is 9.10. The highest BCUT2D eigenvalue weighted by Crippen LogP contribution is 2.20. The van der Waals surface area contributed by atoms with Gasteiger partial charge >= 0.3 is 5.97 Å². The van der Waals surface area contributed by atoms with Crippen LogP contribution in [-0.2, 0) is 9.53 Å². The number of esters is 1. The predicted molar refractivity (Wildman–Crippen MR) is 61.5 cm³/mol. The largest absolute Gasteiger partial charge is 0.465 e. The Morgan fingerprint density at radius 3 is 2.64 bits per heavy atom. The molecule has 0 fully saturated rings. The second-order valence-corrected chi connectivity index (χ2v) is 4.51. The standard InChI is InChI=1S/C10H11BrO2S/c1-2-13-10(12)7-14-9-5-3-8(11)4-6-9/h3-6H,2,7H2,1H3. The van der Waals surface area contributed by atoms with Crippen molar-refractivity contribution in [2.24, 2.45) is 0 Å². The fourth-order valence-corrected chi connectivity index (χ4v) is 1.84. The number of halogens is 1. The Morgan fingerprint density at radius 2 is 2.07 bits per heavy atom. The Kier molecular flexibility index (Phi) is 5.04. The molecule has 0 aliphatic carbocycles. The Morgan fingerprint density at radius 1 is 1.43 bits per heavy atom. The Labute approximate surface area is 96.2 Å². The molecule has 14 heavy (non-hydrogen) atoms. The average Bonchev–Trinajstić information content (AvgIpc) is 2.17. The van der Waals surface area contributed by atoms with Gasteiger partial charge in [0.15, 0.2) is 0 Å². The first-order valence-corrected chi connectivity index (χ1v) is 6.04. The summed E-state index contributed by atoms with van der Waals surface area (Å²) in [5, 5.41) is 0. The summed E-state index contributed by atoms with van der Waals surface area (Å²) in [5.41, 5.74) is 0. The number of carbonyl (C=O) groups is 1. The normalized spacial score (nSPS) is 9.86. The third-order valence-electron chi connectivity index (χ3n) is 1.48. The minimum Gasteiger partial charge on any atom is -0.465 e. The molecule has 0 saturated heterocycles. The van der Waals surface area contributed by atoms with Crippen molar-refractivity contribution in [1.29, 1.82) is 0 Å². The van der Waals surface area contributed by atoms with Crippen molar-refractivity contribution < 1.29 is 9.53 Å². The maximum absolute atomic E-state index is 11.0. The lowest BCUT2D eigenvalue weighted by molar-refractivity contribution is -0.139. The molecule has 0 aromatic heterocycles. The van der Waals surface area contributed by atoms with E-state index in [1.165, 1.54) is 11.8 Å². The molecule has 0 aliphatic heterocycles. The minimum absolute atomic E-state index is 0.166. The second-order valence-electron chi connectivity index (χ2n) is 2.55. The molecule has 4 heteroatoms. The summed E-state index contributed by atoms with van der Waals surface area (Å²) >= 11 is 4.83. The third kappa shape index (κ3) is 4.15. The van der Waals surface area contributed by atoms with Gasteiger partial charge in [-0.25, -0.2) is 0 Å². The Bertz CT molecular complexity index is 297. The molecule has 0 atom stereocenters. The van der Waals surface area contributed by atoms with Crippen LogP contribution in [0.25, 0.3) is 0 Å². The van der Waals surface area contributed by atoms with E-state index in [-0.39, 0.29) is 5.97 Å². The molecule has 2 nitrogen and oxygen atoms in total. The van der Waals surface area contributed by atoms with E-state index in [1.54, 1.807) is 0 Å². The van der Waals surface area contributed by atoms with Crippen LogP contribution in [0.3, 0.4) is 0 Å². The van der Waals surface area contributed by atoms with Crippen LogP contribution in [-0.4, -0.2) is 18.3 Å². The van der Waals surface area contributed by atoms with Gasteiger partial charge in [-0.2, -0.15) is 0 Å². The van der Waals surface area contributed by atoms with Gasteiger partial charge in [0.25, 0.3) is 0 Å². The molecule has 0 aliphatic rings. The summed E-state index contributed by atoms with van der Waals surface area (Å²) < 4.78 is 5.86. The first kappa shape index (κ1) is 11.6. The molecule has 76 valence electrons. The molecule has 0 spiro atoms. The van der Waals surface area contributed by atoms with Crippen molar-refractivity contribution in [1.82, 2.24) is 0 Å². The van der Waals surface area contributed by atoms with E-state index in [0.717, 1.165) is 9.37 Å². The van der Waals surface area contributed by atoms with Gasteiger partial charge in [0.1, 0.15) is 0 Å².